The van der Waals surface area contributed by atoms with Crippen LogP contribution in [0.3, 0.4) is 0 Å². The Labute approximate surface area is 255 Å². The molecular formula is C32H39IN6O2. The third-order valence-electron chi connectivity index (χ3n) is 8.41. The molecule has 9 heteroatoms. The molecule has 0 radical (unpaired) electrons. The molecule has 4 heterocycles. The summed E-state index contributed by atoms with van der Waals surface area (Å²) in [7, 11) is 2.15. The van der Waals surface area contributed by atoms with Crippen LogP contribution in [0.2, 0.25) is 0 Å². The van der Waals surface area contributed by atoms with Crippen molar-refractivity contribution >= 4 is 45.5 Å². The molecule has 1 saturated heterocycles. The van der Waals surface area contributed by atoms with Gasteiger partial charge in [0, 0.05) is 84.4 Å². The Kier molecular flexibility index (Phi) is 8.56. The smallest absolute Gasteiger partial charge is 0.264 e. The van der Waals surface area contributed by atoms with Crippen LogP contribution in [-0.2, 0) is 6.54 Å². The van der Waals surface area contributed by atoms with Gasteiger partial charge < -0.3 is 19.7 Å². The highest BCUT2D eigenvalue weighted by molar-refractivity contribution is 14.1. The number of hydrogen-bond acceptors (Lipinski definition) is 5. The summed E-state index contributed by atoms with van der Waals surface area (Å²) in [4.78, 5) is 36.2. The maximum absolute atomic E-state index is 13.8. The van der Waals surface area contributed by atoms with Crippen molar-refractivity contribution < 1.29 is 4.79 Å². The molecule has 1 aromatic carbocycles. The maximum Gasteiger partial charge on any atom is 0.264 e. The van der Waals surface area contributed by atoms with Gasteiger partial charge in [-0.15, -0.1) is 0 Å². The second-order valence-electron chi connectivity index (χ2n) is 11.3. The van der Waals surface area contributed by atoms with Crippen molar-refractivity contribution in [3.8, 4) is 11.1 Å². The van der Waals surface area contributed by atoms with Gasteiger partial charge in [0.15, 0.2) is 0 Å². The minimum Gasteiger partial charge on any atom is -0.354 e. The highest BCUT2D eigenvalue weighted by Crippen LogP contribution is 2.34. The van der Waals surface area contributed by atoms with Crippen molar-refractivity contribution in [3.63, 3.8) is 0 Å². The number of halogens is 1. The zero-order chi connectivity index (χ0) is 29.4. The third kappa shape index (κ3) is 5.79. The SMILES string of the molecule is CC[C@H](C)n1cc(C)c2c(C(=O)NCc3c(C)cc(C)n(I)c3=O)cc(-c3ccc(N4CCN(C)CC4)nc3)cc21. The molecule has 216 valence electrons. The topological polar surface area (TPSA) is 75.4 Å². The van der Waals surface area contributed by atoms with Crippen molar-refractivity contribution in [1.82, 2.24) is 22.5 Å². The molecule has 0 unspecified atom stereocenters. The van der Waals surface area contributed by atoms with E-state index in [1.54, 1.807) is 2.78 Å². The molecule has 0 spiro atoms. The molecule has 0 aliphatic carbocycles. The van der Waals surface area contributed by atoms with Crippen LogP contribution in [0, 0.1) is 20.8 Å². The molecule has 1 aliphatic heterocycles. The fourth-order valence-corrected chi connectivity index (χ4v) is 6.09. The lowest BCUT2D eigenvalue weighted by Crippen LogP contribution is -2.44. The van der Waals surface area contributed by atoms with Crippen LogP contribution in [0.25, 0.3) is 22.0 Å². The van der Waals surface area contributed by atoms with Crippen LogP contribution in [0.15, 0.2) is 47.5 Å². The van der Waals surface area contributed by atoms with Crippen molar-refractivity contribution in [2.24, 2.45) is 0 Å². The van der Waals surface area contributed by atoms with E-state index >= 15 is 0 Å². The monoisotopic (exact) mass is 666 g/mol. The number of pyridine rings is 2. The standard InChI is InChI=1S/C32H39IN6O2/c1-7-22(4)38-19-21(3)30-26(31(40)35-18-27-20(2)14-23(5)39(33)32(27)41)15-25(16-28(30)38)24-8-9-29(34-17-24)37-12-10-36(6)11-13-37/h8-9,14-17,19,22H,7,10-13,18H2,1-6H3,(H,35,40)/t22-/m0/s1. The number of likely N-dealkylation sites (N-methyl/N-ethyl adjacent to an activating group) is 1. The van der Waals surface area contributed by atoms with E-state index < -0.39 is 0 Å². The van der Waals surface area contributed by atoms with E-state index in [-0.39, 0.29) is 24.1 Å². The highest BCUT2D eigenvalue weighted by atomic mass is 127. The molecular weight excluding hydrogens is 627 g/mol. The Morgan fingerprint density at radius 1 is 1.05 bits per heavy atom. The summed E-state index contributed by atoms with van der Waals surface area (Å²) >= 11 is 2.01. The fraction of sp³-hybridized carbons (Fsp3) is 0.406. The molecule has 1 fully saturated rings. The van der Waals surface area contributed by atoms with Crippen LogP contribution in [-0.4, -0.2) is 56.4 Å². The quantitative estimate of drug-likeness (QED) is 0.259. The van der Waals surface area contributed by atoms with Gasteiger partial charge in [-0.3, -0.25) is 12.4 Å². The summed E-state index contributed by atoms with van der Waals surface area (Å²) in [6, 6.07) is 10.6. The number of nitrogens with one attached hydrogen (secondary N) is 1. The second kappa shape index (κ2) is 12.0. The molecule has 0 bridgehead atoms. The number of aromatic nitrogens is 3. The zero-order valence-corrected chi connectivity index (χ0v) is 26.9. The van der Waals surface area contributed by atoms with Crippen LogP contribution >= 0.6 is 22.9 Å². The van der Waals surface area contributed by atoms with Crippen molar-refractivity contribution in [1.29, 1.82) is 0 Å². The lowest BCUT2D eigenvalue weighted by Gasteiger charge is -2.33. The Balaban J connectivity index is 1.53. The molecule has 1 amide bonds. The molecule has 1 N–H and O–H groups in total. The van der Waals surface area contributed by atoms with Gasteiger partial charge in [0.1, 0.15) is 5.82 Å². The Bertz CT molecular complexity index is 1650. The van der Waals surface area contributed by atoms with Crippen LogP contribution in [0.1, 0.15) is 59.1 Å². The molecule has 41 heavy (non-hydrogen) atoms. The minimum atomic E-state index is -0.191. The molecule has 1 aliphatic rings. The molecule has 8 nitrogen and oxygen atoms in total. The first-order valence-electron chi connectivity index (χ1n) is 14.3. The van der Waals surface area contributed by atoms with Gasteiger partial charge in [-0.2, -0.15) is 0 Å². The van der Waals surface area contributed by atoms with Gasteiger partial charge >= 0.3 is 0 Å². The van der Waals surface area contributed by atoms with Gasteiger partial charge in [0.2, 0.25) is 0 Å². The first-order valence-corrected chi connectivity index (χ1v) is 15.3. The number of carbonyl (C=O) groups is 1. The van der Waals surface area contributed by atoms with E-state index in [1.165, 1.54) is 0 Å². The van der Waals surface area contributed by atoms with Gasteiger partial charge in [-0.1, -0.05) is 6.92 Å². The van der Waals surface area contributed by atoms with Crippen LogP contribution in [0.5, 0.6) is 0 Å². The molecule has 4 aromatic rings. The van der Waals surface area contributed by atoms with E-state index in [0.29, 0.717) is 11.1 Å². The summed E-state index contributed by atoms with van der Waals surface area (Å²) in [6.07, 6.45) is 5.04. The summed E-state index contributed by atoms with van der Waals surface area (Å²) < 4.78 is 3.87. The first kappa shape index (κ1) is 29.3. The molecule has 1 atom stereocenters. The number of amides is 1. The van der Waals surface area contributed by atoms with E-state index in [2.05, 4.69) is 71.9 Å². The predicted octanol–water partition coefficient (Wildman–Crippen LogP) is 5.64. The first-order chi connectivity index (χ1) is 19.6. The summed E-state index contributed by atoms with van der Waals surface area (Å²) in [5.41, 5.74) is 6.89. The number of aryl methyl sites for hydroxylation is 3. The number of nitrogens with zero attached hydrogens (tertiary/aromatic N) is 5. The molecule has 0 saturated carbocycles. The Morgan fingerprint density at radius 2 is 1.78 bits per heavy atom. The Hall–Kier alpha value is -3.18. The van der Waals surface area contributed by atoms with Crippen molar-refractivity contribution in [2.45, 2.75) is 53.6 Å². The van der Waals surface area contributed by atoms with E-state index in [9.17, 15) is 9.59 Å². The number of fused-ring (bicyclic) bond motifs is 1. The average Bonchev–Trinajstić information content (AvgIpc) is 3.31. The van der Waals surface area contributed by atoms with Crippen LogP contribution in [0.4, 0.5) is 5.82 Å². The van der Waals surface area contributed by atoms with Gasteiger partial charge in [-0.25, -0.2) is 4.98 Å². The van der Waals surface area contributed by atoms with Gasteiger partial charge in [0.05, 0.1) is 22.9 Å². The van der Waals surface area contributed by atoms with Crippen molar-refractivity contribution in [2.75, 3.05) is 38.1 Å². The lowest BCUT2D eigenvalue weighted by molar-refractivity contribution is 0.0952. The van der Waals surface area contributed by atoms with Gasteiger partial charge in [0.25, 0.3) is 11.5 Å². The minimum absolute atomic E-state index is 0.0899. The third-order valence-corrected chi connectivity index (χ3v) is 9.61. The van der Waals surface area contributed by atoms with Crippen molar-refractivity contribution in [3.05, 3.63) is 81.0 Å². The molecule has 5 rings (SSSR count). The zero-order valence-electron chi connectivity index (χ0n) is 24.8. The maximum atomic E-state index is 13.8. The number of carbonyl (C=O) groups excluding carboxylic acids is 1. The largest absolute Gasteiger partial charge is 0.354 e. The Morgan fingerprint density at radius 3 is 2.44 bits per heavy atom. The number of hydrogen-bond donors (Lipinski definition) is 1. The average molecular weight is 667 g/mol. The van der Waals surface area contributed by atoms with Gasteiger partial charge in [-0.05, 0) is 88.2 Å². The summed E-state index contributed by atoms with van der Waals surface area (Å²) in [6.45, 7) is 14.4. The van der Waals surface area contributed by atoms with E-state index in [4.69, 9.17) is 4.98 Å². The number of rotatable bonds is 7. The number of anilines is 1. The molecule has 3 aromatic heterocycles. The fourth-order valence-electron chi connectivity index (χ4n) is 5.66. The van der Waals surface area contributed by atoms with E-state index in [0.717, 1.165) is 77.3 Å². The lowest BCUT2D eigenvalue weighted by atomic mass is 9.98. The highest BCUT2D eigenvalue weighted by Gasteiger charge is 2.21. The summed E-state index contributed by atoms with van der Waals surface area (Å²) in [5, 5.41) is 4.00. The number of piperazine rings is 1. The predicted molar refractivity (Wildman–Crippen MR) is 175 cm³/mol. The number of benzene rings is 1. The second-order valence-corrected chi connectivity index (χ2v) is 12.3. The van der Waals surface area contributed by atoms with Crippen LogP contribution < -0.4 is 15.8 Å². The van der Waals surface area contributed by atoms with E-state index in [1.807, 2.05) is 55.0 Å². The normalized spacial score (nSPS) is 15.0. The summed E-state index contributed by atoms with van der Waals surface area (Å²) in [5.74, 6) is 0.789.